The van der Waals surface area contributed by atoms with Gasteiger partial charge < -0.3 is 14.9 Å². The monoisotopic (exact) mass is 290 g/mol. The number of aliphatic hydroxyl groups is 1. The molecule has 0 aromatic heterocycles. The van der Waals surface area contributed by atoms with Crippen molar-refractivity contribution in [3.8, 4) is 11.8 Å². The summed E-state index contributed by atoms with van der Waals surface area (Å²) in [6.07, 6.45) is 0. The number of hydrogen-bond acceptors (Lipinski definition) is 3. The average molecular weight is 290 g/mol. The fraction of sp³-hybridized carbons (Fsp3) is 0.438. The SMILES string of the molecule is CCN1CCN(C(=O)c2ccc(F)cc2C#CCO)CC1. The Morgan fingerprint density at radius 1 is 1.33 bits per heavy atom. The molecular weight excluding hydrogens is 271 g/mol. The van der Waals surface area contributed by atoms with Gasteiger partial charge in [-0.2, -0.15) is 0 Å². The molecule has 1 heterocycles. The maximum Gasteiger partial charge on any atom is 0.255 e. The maximum absolute atomic E-state index is 13.3. The van der Waals surface area contributed by atoms with E-state index in [0.717, 1.165) is 19.6 Å². The van der Waals surface area contributed by atoms with Crippen LogP contribution in [0.15, 0.2) is 18.2 Å². The first-order valence-electron chi connectivity index (χ1n) is 7.06. The van der Waals surface area contributed by atoms with Gasteiger partial charge in [0.15, 0.2) is 0 Å². The van der Waals surface area contributed by atoms with Crippen molar-refractivity contribution in [1.29, 1.82) is 0 Å². The van der Waals surface area contributed by atoms with E-state index in [1.807, 2.05) is 0 Å². The first-order valence-corrected chi connectivity index (χ1v) is 7.06. The Hall–Kier alpha value is -1.90. The molecule has 0 saturated carbocycles. The van der Waals surface area contributed by atoms with Gasteiger partial charge in [-0.25, -0.2) is 4.39 Å². The molecule has 0 radical (unpaired) electrons. The zero-order valence-electron chi connectivity index (χ0n) is 12.1. The van der Waals surface area contributed by atoms with Crippen LogP contribution in [0.3, 0.4) is 0 Å². The molecule has 21 heavy (non-hydrogen) atoms. The van der Waals surface area contributed by atoms with Gasteiger partial charge in [0, 0.05) is 31.7 Å². The smallest absolute Gasteiger partial charge is 0.255 e. The van der Waals surface area contributed by atoms with Gasteiger partial charge in [-0.3, -0.25) is 4.79 Å². The number of piperazine rings is 1. The van der Waals surface area contributed by atoms with E-state index in [1.54, 1.807) is 4.90 Å². The Balaban J connectivity index is 2.19. The lowest BCUT2D eigenvalue weighted by atomic mass is 10.1. The van der Waals surface area contributed by atoms with Crippen LogP contribution in [0, 0.1) is 17.7 Å². The highest BCUT2D eigenvalue weighted by Crippen LogP contribution is 2.14. The third-order valence-corrected chi connectivity index (χ3v) is 3.62. The molecule has 0 spiro atoms. The normalized spacial score (nSPS) is 15.5. The molecule has 1 aromatic rings. The largest absolute Gasteiger partial charge is 0.384 e. The van der Waals surface area contributed by atoms with Crippen LogP contribution in [0.1, 0.15) is 22.8 Å². The summed E-state index contributed by atoms with van der Waals surface area (Å²) in [5.41, 5.74) is 0.717. The summed E-state index contributed by atoms with van der Waals surface area (Å²) in [4.78, 5) is 16.6. The summed E-state index contributed by atoms with van der Waals surface area (Å²) in [6, 6.07) is 3.96. The van der Waals surface area contributed by atoms with Crippen molar-refractivity contribution >= 4 is 5.91 Å². The highest BCUT2D eigenvalue weighted by Gasteiger charge is 2.23. The second-order valence-corrected chi connectivity index (χ2v) is 4.88. The van der Waals surface area contributed by atoms with Gasteiger partial charge in [0.25, 0.3) is 5.91 Å². The van der Waals surface area contributed by atoms with Crippen molar-refractivity contribution in [3.63, 3.8) is 0 Å². The Morgan fingerprint density at radius 3 is 2.67 bits per heavy atom. The maximum atomic E-state index is 13.3. The summed E-state index contributed by atoms with van der Waals surface area (Å²) < 4.78 is 13.3. The minimum Gasteiger partial charge on any atom is -0.384 e. The minimum absolute atomic E-state index is 0.131. The van der Waals surface area contributed by atoms with Crippen LogP contribution in [0.25, 0.3) is 0 Å². The summed E-state index contributed by atoms with van der Waals surface area (Å²) in [6.45, 7) is 5.78. The predicted molar refractivity (Wildman–Crippen MR) is 78.4 cm³/mol. The van der Waals surface area contributed by atoms with E-state index in [4.69, 9.17) is 5.11 Å². The third-order valence-electron chi connectivity index (χ3n) is 3.62. The number of nitrogens with zero attached hydrogens (tertiary/aromatic N) is 2. The van der Waals surface area contributed by atoms with Gasteiger partial charge in [-0.1, -0.05) is 18.8 Å². The molecule has 2 rings (SSSR count). The second-order valence-electron chi connectivity index (χ2n) is 4.88. The number of benzene rings is 1. The molecular formula is C16H19FN2O2. The molecule has 4 nitrogen and oxygen atoms in total. The molecule has 112 valence electrons. The van der Waals surface area contributed by atoms with Gasteiger partial charge >= 0.3 is 0 Å². The quantitative estimate of drug-likeness (QED) is 0.825. The lowest BCUT2D eigenvalue weighted by Crippen LogP contribution is -2.48. The number of hydrogen-bond donors (Lipinski definition) is 1. The number of carbonyl (C=O) groups is 1. The summed E-state index contributed by atoms with van der Waals surface area (Å²) in [7, 11) is 0. The predicted octanol–water partition coefficient (Wildman–Crippen LogP) is 0.947. The second kappa shape index (κ2) is 7.21. The molecule has 1 aliphatic rings. The zero-order chi connectivity index (χ0) is 15.2. The number of halogens is 1. The summed E-state index contributed by atoms with van der Waals surface area (Å²) >= 11 is 0. The standard InChI is InChI=1S/C16H19FN2O2/c1-2-18-7-9-19(10-8-18)16(21)15-6-5-14(17)12-13(15)4-3-11-20/h5-6,12,20H,2,7-11H2,1H3. The first-order chi connectivity index (χ1) is 10.2. The Morgan fingerprint density at radius 2 is 2.05 bits per heavy atom. The van der Waals surface area contributed by atoms with E-state index in [9.17, 15) is 9.18 Å². The van der Waals surface area contributed by atoms with Crippen molar-refractivity contribution in [2.24, 2.45) is 0 Å². The summed E-state index contributed by atoms with van der Waals surface area (Å²) in [5.74, 6) is 4.54. The number of amides is 1. The Bertz CT molecular complexity index is 569. The van der Waals surface area contributed by atoms with E-state index in [1.165, 1.54) is 18.2 Å². The van der Waals surface area contributed by atoms with E-state index in [0.29, 0.717) is 24.2 Å². The van der Waals surface area contributed by atoms with Crippen molar-refractivity contribution in [2.75, 3.05) is 39.3 Å². The van der Waals surface area contributed by atoms with Crippen molar-refractivity contribution in [3.05, 3.63) is 35.1 Å². The lowest BCUT2D eigenvalue weighted by Gasteiger charge is -2.34. The lowest BCUT2D eigenvalue weighted by molar-refractivity contribution is 0.0643. The first kappa shape index (κ1) is 15.5. The fourth-order valence-electron chi connectivity index (χ4n) is 2.38. The highest BCUT2D eigenvalue weighted by molar-refractivity contribution is 5.96. The van der Waals surface area contributed by atoms with Crippen LogP contribution < -0.4 is 0 Å². The van der Waals surface area contributed by atoms with Gasteiger partial charge in [-0.15, -0.1) is 0 Å². The van der Waals surface area contributed by atoms with Crippen LogP contribution in [-0.2, 0) is 0 Å². The van der Waals surface area contributed by atoms with Gasteiger partial charge in [0.2, 0.25) is 0 Å². The van der Waals surface area contributed by atoms with E-state index in [2.05, 4.69) is 23.7 Å². The average Bonchev–Trinajstić information content (AvgIpc) is 2.52. The van der Waals surface area contributed by atoms with Crippen LogP contribution in [-0.4, -0.2) is 60.1 Å². The molecule has 0 aliphatic carbocycles. The topological polar surface area (TPSA) is 43.8 Å². The van der Waals surface area contributed by atoms with E-state index < -0.39 is 5.82 Å². The Kier molecular flexibility index (Phi) is 5.32. The highest BCUT2D eigenvalue weighted by atomic mass is 19.1. The van der Waals surface area contributed by atoms with Crippen molar-refractivity contribution < 1.29 is 14.3 Å². The fourth-order valence-corrected chi connectivity index (χ4v) is 2.38. The van der Waals surface area contributed by atoms with Crippen molar-refractivity contribution in [2.45, 2.75) is 6.92 Å². The minimum atomic E-state index is -0.440. The number of carbonyl (C=O) groups excluding carboxylic acids is 1. The Labute approximate surface area is 124 Å². The van der Waals surface area contributed by atoms with E-state index in [-0.39, 0.29) is 12.5 Å². The van der Waals surface area contributed by atoms with Crippen LogP contribution in [0.4, 0.5) is 4.39 Å². The van der Waals surface area contributed by atoms with Crippen molar-refractivity contribution in [1.82, 2.24) is 9.80 Å². The van der Waals surface area contributed by atoms with E-state index >= 15 is 0 Å². The van der Waals surface area contributed by atoms with Gasteiger partial charge in [-0.05, 0) is 24.7 Å². The number of aliphatic hydroxyl groups excluding tert-OH is 1. The van der Waals surface area contributed by atoms with Crippen LogP contribution in [0.2, 0.25) is 0 Å². The third kappa shape index (κ3) is 3.81. The summed E-state index contributed by atoms with van der Waals surface area (Å²) in [5, 5.41) is 8.76. The van der Waals surface area contributed by atoms with Gasteiger partial charge in [0.05, 0.1) is 5.56 Å². The number of rotatable bonds is 2. The molecule has 1 aromatic carbocycles. The molecule has 1 aliphatic heterocycles. The molecule has 5 heteroatoms. The molecule has 1 saturated heterocycles. The molecule has 0 bridgehead atoms. The van der Waals surface area contributed by atoms with Crippen LogP contribution in [0.5, 0.6) is 0 Å². The molecule has 1 amide bonds. The van der Waals surface area contributed by atoms with Crippen LogP contribution >= 0.6 is 0 Å². The zero-order valence-corrected chi connectivity index (χ0v) is 12.1. The molecule has 0 unspecified atom stereocenters. The molecule has 1 fully saturated rings. The molecule has 0 atom stereocenters. The number of likely N-dealkylation sites (N-methyl/N-ethyl adjacent to an activating group) is 1. The molecule has 1 N–H and O–H groups in total. The van der Waals surface area contributed by atoms with Gasteiger partial charge in [0.1, 0.15) is 12.4 Å².